The Morgan fingerprint density at radius 1 is 1.17 bits per heavy atom. The second-order valence-electron chi connectivity index (χ2n) is 7.54. The van der Waals surface area contributed by atoms with E-state index in [2.05, 4.69) is 0 Å². The summed E-state index contributed by atoms with van der Waals surface area (Å²) in [7, 11) is 1.30. The zero-order chi connectivity index (χ0) is 22.0. The summed E-state index contributed by atoms with van der Waals surface area (Å²) in [5, 5.41) is 0.926. The van der Waals surface area contributed by atoms with Crippen LogP contribution in [0, 0.1) is 5.92 Å². The molecule has 0 spiro atoms. The standard InChI is InChI=1S/C24H25ClFNO3/c1-5-8-19-21(22(28)14(2)3)17-12-11-15(24(29)30-4)13-20(17)27(19)23(26)16-9-6-7-10-18(16)25/h6-7,9-14,23H,5,8H2,1-4H3. The van der Waals surface area contributed by atoms with Gasteiger partial charge in [-0.3, -0.25) is 4.79 Å². The highest BCUT2D eigenvalue weighted by molar-refractivity contribution is 6.31. The second-order valence-corrected chi connectivity index (χ2v) is 7.95. The number of ether oxygens (including phenoxy) is 1. The molecule has 1 unspecified atom stereocenters. The first-order valence-corrected chi connectivity index (χ1v) is 10.4. The highest BCUT2D eigenvalue weighted by atomic mass is 35.5. The van der Waals surface area contributed by atoms with Gasteiger partial charge in [0.15, 0.2) is 5.78 Å². The minimum atomic E-state index is -1.61. The maximum atomic E-state index is 16.0. The van der Waals surface area contributed by atoms with E-state index in [1.54, 1.807) is 42.5 Å². The number of alkyl halides is 1. The Balaban J connectivity index is 2.39. The molecule has 0 saturated heterocycles. The minimum Gasteiger partial charge on any atom is -0.465 e. The summed E-state index contributed by atoms with van der Waals surface area (Å²) in [6.07, 6.45) is -0.362. The number of carbonyl (C=O) groups excluding carboxylic acids is 2. The molecular formula is C24H25ClFNO3. The zero-order valence-electron chi connectivity index (χ0n) is 17.5. The summed E-state index contributed by atoms with van der Waals surface area (Å²) in [4.78, 5) is 25.2. The predicted octanol–water partition coefficient (Wildman–Crippen LogP) is 6.39. The van der Waals surface area contributed by atoms with Gasteiger partial charge in [0, 0.05) is 33.1 Å². The fraction of sp³-hybridized carbons (Fsp3) is 0.333. The highest BCUT2D eigenvalue weighted by Crippen LogP contribution is 2.37. The summed E-state index contributed by atoms with van der Waals surface area (Å²) < 4.78 is 22.3. The third-order valence-electron chi connectivity index (χ3n) is 5.17. The Kier molecular flexibility index (Phi) is 6.61. The predicted molar refractivity (Wildman–Crippen MR) is 117 cm³/mol. The van der Waals surface area contributed by atoms with Crippen molar-refractivity contribution < 1.29 is 18.7 Å². The van der Waals surface area contributed by atoms with E-state index in [-0.39, 0.29) is 11.7 Å². The molecule has 0 radical (unpaired) electrons. The van der Waals surface area contributed by atoms with Crippen molar-refractivity contribution >= 4 is 34.3 Å². The fourth-order valence-corrected chi connectivity index (χ4v) is 3.95. The molecule has 6 heteroatoms. The van der Waals surface area contributed by atoms with E-state index in [9.17, 15) is 9.59 Å². The molecule has 0 bridgehead atoms. The van der Waals surface area contributed by atoms with Gasteiger partial charge >= 0.3 is 5.97 Å². The number of esters is 1. The Hall–Kier alpha value is -2.66. The van der Waals surface area contributed by atoms with Gasteiger partial charge in [-0.05, 0) is 24.6 Å². The molecule has 1 atom stereocenters. The van der Waals surface area contributed by atoms with Gasteiger partial charge in [-0.25, -0.2) is 9.18 Å². The third kappa shape index (κ3) is 3.86. The molecule has 0 fully saturated rings. The van der Waals surface area contributed by atoms with E-state index in [1.807, 2.05) is 20.8 Å². The number of Topliss-reactive ketones (excluding diaryl/α,β-unsaturated/α-hetero) is 1. The van der Waals surface area contributed by atoms with Crippen LogP contribution in [-0.2, 0) is 11.2 Å². The number of hydrogen-bond acceptors (Lipinski definition) is 3. The lowest BCUT2D eigenvalue weighted by Crippen LogP contribution is -2.14. The van der Waals surface area contributed by atoms with Gasteiger partial charge in [-0.2, -0.15) is 0 Å². The highest BCUT2D eigenvalue weighted by Gasteiger charge is 2.29. The lowest BCUT2D eigenvalue weighted by molar-refractivity contribution is 0.0600. The van der Waals surface area contributed by atoms with Gasteiger partial charge in [0.2, 0.25) is 6.30 Å². The summed E-state index contributed by atoms with van der Waals surface area (Å²) >= 11 is 6.28. The number of methoxy groups -OCH3 is 1. The van der Waals surface area contributed by atoms with Gasteiger partial charge in [-0.15, -0.1) is 0 Å². The van der Waals surface area contributed by atoms with Crippen molar-refractivity contribution in [2.45, 2.75) is 39.9 Å². The molecule has 3 aromatic rings. The first kappa shape index (κ1) is 22.0. The molecule has 0 amide bonds. The molecule has 4 nitrogen and oxygen atoms in total. The topological polar surface area (TPSA) is 48.3 Å². The largest absolute Gasteiger partial charge is 0.465 e. The number of ketones is 1. The minimum absolute atomic E-state index is 0.0561. The number of fused-ring (bicyclic) bond motifs is 1. The fourth-order valence-electron chi connectivity index (χ4n) is 3.72. The number of nitrogens with zero attached hydrogens (tertiary/aromatic N) is 1. The van der Waals surface area contributed by atoms with Crippen LogP contribution in [0.2, 0.25) is 5.02 Å². The van der Waals surface area contributed by atoms with E-state index in [1.165, 1.54) is 11.7 Å². The number of benzene rings is 2. The molecule has 1 heterocycles. The van der Waals surface area contributed by atoms with Gasteiger partial charge in [0.25, 0.3) is 0 Å². The molecule has 0 aliphatic carbocycles. The first-order chi connectivity index (χ1) is 14.3. The molecule has 0 N–H and O–H groups in total. The van der Waals surface area contributed by atoms with Crippen LogP contribution in [0.3, 0.4) is 0 Å². The number of aromatic nitrogens is 1. The van der Waals surface area contributed by atoms with Crippen LogP contribution >= 0.6 is 11.6 Å². The lowest BCUT2D eigenvalue weighted by Gasteiger charge is -2.18. The van der Waals surface area contributed by atoms with Crippen LogP contribution in [0.15, 0.2) is 42.5 Å². The van der Waals surface area contributed by atoms with Crippen molar-refractivity contribution in [2.75, 3.05) is 7.11 Å². The Labute approximate surface area is 180 Å². The van der Waals surface area contributed by atoms with E-state index < -0.39 is 12.3 Å². The summed E-state index contributed by atoms with van der Waals surface area (Å²) in [6, 6.07) is 11.6. The first-order valence-electron chi connectivity index (χ1n) is 9.99. The molecule has 0 aliphatic rings. The summed E-state index contributed by atoms with van der Waals surface area (Å²) in [6.45, 7) is 5.63. The summed E-state index contributed by atoms with van der Waals surface area (Å²) in [5.41, 5.74) is 2.19. The second kappa shape index (κ2) is 9.00. The number of hydrogen-bond donors (Lipinski definition) is 0. The molecule has 0 saturated carbocycles. The van der Waals surface area contributed by atoms with Crippen molar-refractivity contribution in [3.63, 3.8) is 0 Å². The molecule has 158 valence electrons. The molecule has 0 aliphatic heterocycles. The SMILES string of the molecule is CCCc1c(C(=O)C(C)C)c2ccc(C(=O)OC)cc2n1C(F)c1ccccc1Cl. The van der Waals surface area contributed by atoms with E-state index >= 15 is 4.39 Å². The Bertz CT molecular complexity index is 1100. The zero-order valence-corrected chi connectivity index (χ0v) is 18.3. The van der Waals surface area contributed by atoms with Crippen LogP contribution in [-0.4, -0.2) is 23.4 Å². The van der Waals surface area contributed by atoms with Crippen LogP contribution in [0.5, 0.6) is 0 Å². The van der Waals surface area contributed by atoms with Crippen molar-refractivity contribution in [1.29, 1.82) is 0 Å². The van der Waals surface area contributed by atoms with Crippen molar-refractivity contribution in [3.05, 3.63) is 69.9 Å². The quantitative estimate of drug-likeness (QED) is 0.323. The molecule has 2 aromatic carbocycles. The normalized spacial score (nSPS) is 12.4. The van der Waals surface area contributed by atoms with Crippen LogP contribution in [0.1, 0.15) is 65.5 Å². The molecular weight excluding hydrogens is 405 g/mol. The maximum absolute atomic E-state index is 16.0. The van der Waals surface area contributed by atoms with E-state index in [0.29, 0.717) is 44.7 Å². The molecule has 1 aromatic heterocycles. The number of halogens is 2. The van der Waals surface area contributed by atoms with Crippen LogP contribution in [0.4, 0.5) is 4.39 Å². The van der Waals surface area contributed by atoms with E-state index in [0.717, 1.165) is 6.42 Å². The van der Waals surface area contributed by atoms with Crippen LogP contribution in [0.25, 0.3) is 10.9 Å². The average Bonchev–Trinajstić information content (AvgIpc) is 3.05. The van der Waals surface area contributed by atoms with Crippen LogP contribution < -0.4 is 0 Å². The van der Waals surface area contributed by atoms with E-state index in [4.69, 9.17) is 16.3 Å². The number of rotatable bonds is 7. The monoisotopic (exact) mass is 429 g/mol. The number of carbonyl (C=O) groups is 2. The van der Waals surface area contributed by atoms with Crippen molar-refractivity contribution in [3.8, 4) is 0 Å². The lowest BCUT2D eigenvalue weighted by atomic mass is 9.96. The Morgan fingerprint density at radius 3 is 2.47 bits per heavy atom. The van der Waals surface area contributed by atoms with Gasteiger partial charge in [0.1, 0.15) is 0 Å². The van der Waals surface area contributed by atoms with Gasteiger partial charge in [0.05, 0.1) is 18.2 Å². The van der Waals surface area contributed by atoms with Gasteiger partial charge in [-0.1, -0.05) is 63.1 Å². The van der Waals surface area contributed by atoms with Gasteiger partial charge < -0.3 is 9.30 Å². The smallest absolute Gasteiger partial charge is 0.337 e. The van der Waals surface area contributed by atoms with Crippen molar-refractivity contribution in [2.24, 2.45) is 5.92 Å². The third-order valence-corrected chi connectivity index (χ3v) is 5.52. The Morgan fingerprint density at radius 2 is 1.87 bits per heavy atom. The molecule has 30 heavy (non-hydrogen) atoms. The average molecular weight is 430 g/mol. The molecule has 3 rings (SSSR count). The summed E-state index contributed by atoms with van der Waals surface area (Å²) in [5.74, 6) is -0.829. The maximum Gasteiger partial charge on any atom is 0.337 e. The van der Waals surface area contributed by atoms with Crippen molar-refractivity contribution in [1.82, 2.24) is 4.57 Å².